The molecule has 5 heteroatoms. The van der Waals surface area contributed by atoms with Gasteiger partial charge >= 0.3 is 51.4 Å². The van der Waals surface area contributed by atoms with Crippen molar-refractivity contribution in [2.45, 2.75) is 31.6 Å². The van der Waals surface area contributed by atoms with E-state index in [-0.39, 0.29) is 70.0 Å². The van der Waals surface area contributed by atoms with Gasteiger partial charge in [-0.2, -0.15) is 0 Å². The zero-order chi connectivity index (χ0) is 17.6. The Labute approximate surface area is 197 Å². The first kappa shape index (κ1) is 21.3. The van der Waals surface area contributed by atoms with Crippen molar-refractivity contribution in [1.82, 2.24) is 0 Å². The number of carbonyl (C=O) groups is 2. The quantitative estimate of drug-likeness (QED) is 0.518. The van der Waals surface area contributed by atoms with E-state index in [0.29, 0.717) is 11.5 Å². The van der Waals surface area contributed by atoms with Crippen LogP contribution < -0.4 is 61.4 Å². The second-order valence-corrected chi connectivity index (χ2v) is 6.51. The van der Waals surface area contributed by atoms with E-state index in [1.54, 1.807) is 12.1 Å². The van der Waals surface area contributed by atoms with Crippen molar-refractivity contribution in [1.29, 1.82) is 0 Å². The molecule has 0 atom stereocenters. The molecule has 1 aliphatic heterocycles. The second-order valence-electron chi connectivity index (χ2n) is 6.51. The van der Waals surface area contributed by atoms with Gasteiger partial charge in [0.05, 0.1) is 0 Å². The third-order valence-electron chi connectivity index (χ3n) is 4.88. The summed E-state index contributed by atoms with van der Waals surface area (Å²) < 4.78 is 0. The zero-order valence-corrected chi connectivity index (χ0v) is 18.3. The Morgan fingerprint density at radius 2 is 1.54 bits per heavy atom. The van der Waals surface area contributed by atoms with Crippen LogP contribution in [0.1, 0.15) is 47.5 Å². The van der Waals surface area contributed by atoms with Gasteiger partial charge in [-0.15, -0.1) is 0 Å². The van der Waals surface area contributed by atoms with E-state index in [1.807, 2.05) is 12.1 Å². The summed E-state index contributed by atoms with van der Waals surface area (Å²) in [5.74, 6) is -0.729. The van der Waals surface area contributed by atoms with Gasteiger partial charge < -0.3 is 14.8 Å². The minimum Gasteiger partial charge on any atom is -0.550 e. The third kappa shape index (κ3) is 5.76. The molecule has 0 bridgehead atoms. The Morgan fingerprint density at radius 1 is 0.923 bits per heavy atom. The minimum atomic E-state index is -1.19. The van der Waals surface area contributed by atoms with Crippen LogP contribution in [0, 0.1) is 0 Å². The van der Waals surface area contributed by atoms with Gasteiger partial charge in [-0.25, -0.2) is 0 Å². The van der Waals surface area contributed by atoms with Crippen molar-refractivity contribution in [3.63, 3.8) is 0 Å². The van der Waals surface area contributed by atoms with Crippen molar-refractivity contribution in [2.75, 3.05) is 18.0 Å². The van der Waals surface area contributed by atoms with Gasteiger partial charge in [-0.1, -0.05) is 30.3 Å². The van der Waals surface area contributed by atoms with E-state index in [1.165, 1.54) is 5.56 Å². The van der Waals surface area contributed by atoms with E-state index >= 15 is 0 Å². The summed E-state index contributed by atoms with van der Waals surface area (Å²) in [5, 5.41) is 10.5. The molecule has 1 aliphatic rings. The summed E-state index contributed by atoms with van der Waals surface area (Å²) in [6.07, 6.45) is 2.00. The van der Waals surface area contributed by atoms with Crippen LogP contribution in [0.25, 0.3) is 0 Å². The van der Waals surface area contributed by atoms with Crippen LogP contribution >= 0.6 is 0 Å². The number of nitrogens with zero attached hydrogens (tertiary/aromatic N) is 1. The Hall–Kier alpha value is -0.984. The van der Waals surface area contributed by atoms with Gasteiger partial charge in [0.25, 0.3) is 0 Å². The average Bonchev–Trinajstić information content (AvgIpc) is 2.67. The number of aliphatic carboxylic acids is 1. The topological polar surface area (TPSA) is 60.4 Å². The molecule has 0 amide bonds. The molecular formula is C21H22KNO3. The number of carboxylic acids is 1. The van der Waals surface area contributed by atoms with Crippen LogP contribution in [0.15, 0.2) is 54.6 Å². The molecule has 1 saturated heterocycles. The molecule has 0 saturated carbocycles. The molecule has 26 heavy (non-hydrogen) atoms. The molecule has 0 aliphatic carbocycles. The van der Waals surface area contributed by atoms with E-state index in [2.05, 4.69) is 35.2 Å². The molecule has 1 heterocycles. The maximum atomic E-state index is 11.9. The Morgan fingerprint density at radius 3 is 2.12 bits per heavy atom. The molecular weight excluding hydrogens is 353 g/mol. The smallest absolute Gasteiger partial charge is 0.550 e. The fourth-order valence-electron chi connectivity index (χ4n) is 3.41. The fourth-order valence-corrected chi connectivity index (χ4v) is 3.41. The van der Waals surface area contributed by atoms with Crippen LogP contribution in [-0.4, -0.2) is 24.8 Å². The zero-order valence-electron chi connectivity index (χ0n) is 15.2. The standard InChI is InChI=1S/C21H23NO3.K/c23-20(10-11-21(24)25)18-6-8-19(9-7-18)22-14-12-17(13-15-22)16-4-2-1-3-5-16;/h1-9,17H,10-15H2,(H,24,25);/q;+1/p-1. The van der Waals surface area contributed by atoms with E-state index < -0.39 is 5.97 Å². The summed E-state index contributed by atoms with van der Waals surface area (Å²) >= 11 is 0. The summed E-state index contributed by atoms with van der Waals surface area (Å²) in [4.78, 5) is 24.7. The molecule has 0 unspecified atom stereocenters. The number of benzene rings is 2. The number of hydrogen-bond donors (Lipinski definition) is 0. The average molecular weight is 376 g/mol. The first-order valence-electron chi connectivity index (χ1n) is 8.76. The molecule has 0 aromatic heterocycles. The first-order valence-corrected chi connectivity index (χ1v) is 8.76. The molecule has 0 radical (unpaired) electrons. The monoisotopic (exact) mass is 375 g/mol. The van der Waals surface area contributed by atoms with Gasteiger partial charge in [-0.3, -0.25) is 4.79 Å². The number of carbonyl (C=O) groups excluding carboxylic acids is 2. The van der Waals surface area contributed by atoms with Gasteiger partial charge in [0.15, 0.2) is 5.78 Å². The summed E-state index contributed by atoms with van der Waals surface area (Å²) in [6, 6.07) is 18.1. The maximum absolute atomic E-state index is 11.9. The van der Waals surface area contributed by atoms with Crippen LogP contribution in [0.2, 0.25) is 0 Å². The van der Waals surface area contributed by atoms with Crippen LogP contribution in [-0.2, 0) is 4.79 Å². The fraction of sp³-hybridized carbons (Fsp3) is 0.333. The second kappa shape index (κ2) is 10.4. The predicted octanol–water partition coefficient (Wildman–Crippen LogP) is -0.213. The number of anilines is 1. The van der Waals surface area contributed by atoms with E-state index in [9.17, 15) is 14.7 Å². The van der Waals surface area contributed by atoms with Crippen LogP contribution in [0.3, 0.4) is 0 Å². The molecule has 130 valence electrons. The van der Waals surface area contributed by atoms with Gasteiger partial charge in [0, 0.05) is 36.7 Å². The third-order valence-corrected chi connectivity index (χ3v) is 4.88. The normalized spacial score (nSPS) is 14.5. The summed E-state index contributed by atoms with van der Waals surface area (Å²) in [5.41, 5.74) is 3.09. The Bertz CT molecular complexity index is 723. The number of carboxylic acid groups (broad SMARTS) is 1. The van der Waals surface area contributed by atoms with Crippen molar-refractivity contribution in [3.8, 4) is 0 Å². The van der Waals surface area contributed by atoms with Gasteiger partial charge in [0.2, 0.25) is 0 Å². The largest absolute Gasteiger partial charge is 1.00 e. The Kier molecular flexibility index (Phi) is 8.51. The van der Waals surface area contributed by atoms with E-state index in [0.717, 1.165) is 31.6 Å². The van der Waals surface area contributed by atoms with E-state index in [4.69, 9.17) is 0 Å². The van der Waals surface area contributed by atoms with Crippen LogP contribution in [0.5, 0.6) is 0 Å². The number of rotatable bonds is 6. The number of piperidine rings is 1. The van der Waals surface area contributed by atoms with Gasteiger partial charge in [0.1, 0.15) is 0 Å². The molecule has 2 aromatic rings. The van der Waals surface area contributed by atoms with Crippen molar-refractivity contribution >= 4 is 17.4 Å². The van der Waals surface area contributed by atoms with Crippen molar-refractivity contribution in [3.05, 3.63) is 65.7 Å². The number of hydrogen-bond acceptors (Lipinski definition) is 4. The molecule has 2 aromatic carbocycles. The summed E-state index contributed by atoms with van der Waals surface area (Å²) in [6.45, 7) is 2.00. The SMILES string of the molecule is O=C([O-])CCC(=O)c1ccc(N2CCC(c3ccccc3)CC2)cc1.[K+]. The Balaban J connectivity index is 0.00000243. The molecule has 0 N–H and O–H groups in total. The first-order chi connectivity index (χ1) is 12.1. The molecule has 3 rings (SSSR count). The molecule has 0 spiro atoms. The number of Topliss-reactive ketones (excluding diaryl/α,β-unsaturated/α-hetero) is 1. The molecule has 4 nitrogen and oxygen atoms in total. The van der Waals surface area contributed by atoms with Crippen LogP contribution in [0.4, 0.5) is 5.69 Å². The maximum Gasteiger partial charge on any atom is 1.00 e. The minimum absolute atomic E-state index is 0. The van der Waals surface area contributed by atoms with Crippen molar-refractivity contribution < 1.29 is 66.1 Å². The number of ketones is 1. The predicted molar refractivity (Wildman–Crippen MR) is 95.6 cm³/mol. The van der Waals surface area contributed by atoms with Gasteiger partial charge in [-0.05, 0) is 55.0 Å². The van der Waals surface area contributed by atoms with Crippen molar-refractivity contribution in [2.24, 2.45) is 0 Å². The molecule has 1 fully saturated rings. The summed E-state index contributed by atoms with van der Waals surface area (Å²) in [7, 11) is 0.